The maximum atomic E-state index is 12.3. The number of aromatic nitrogens is 3. The van der Waals surface area contributed by atoms with Gasteiger partial charge in [-0.15, -0.1) is 10.2 Å². The van der Waals surface area contributed by atoms with Crippen LogP contribution in [0.2, 0.25) is 0 Å². The van der Waals surface area contributed by atoms with Gasteiger partial charge in [0.25, 0.3) is 0 Å². The van der Waals surface area contributed by atoms with Crippen LogP contribution in [0.15, 0.2) is 53.7 Å². The molecule has 0 radical (unpaired) electrons. The third-order valence-corrected chi connectivity index (χ3v) is 4.97. The first-order chi connectivity index (χ1) is 13.0. The van der Waals surface area contributed by atoms with Crippen molar-refractivity contribution in [2.75, 3.05) is 5.75 Å². The summed E-state index contributed by atoms with van der Waals surface area (Å²) >= 11 is 1.27. The summed E-state index contributed by atoms with van der Waals surface area (Å²) in [7, 11) is 1.85. The molecule has 0 bridgehead atoms. The van der Waals surface area contributed by atoms with Gasteiger partial charge < -0.3 is 9.30 Å². The molecule has 3 rings (SSSR count). The van der Waals surface area contributed by atoms with Crippen LogP contribution in [-0.4, -0.2) is 32.9 Å². The van der Waals surface area contributed by atoms with Crippen LogP contribution in [0, 0.1) is 6.92 Å². The van der Waals surface area contributed by atoms with E-state index in [9.17, 15) is 13.6 Å². The largest absolute Gasteiger partial charge is 0.435 e. The van der Waals surface area contributed by atoms with Crippen LogP contribution in [0.5, 0.6) is 5.75 Å². The number of nitrogens with zero attached hydrogens (tertiary/aromatic N) is 3. The summed E-state index contributed by atoms with van der Waals surface area (Å²) in [5, 5.41) is 9.02. The number of halogens is 2. The molecule has 8 heteroatoms. The van der Waals surface area contributed by atoms with E-state index in [1.165, 1.54) is 36.0 Å². The van der Waals surface area contributed by atoms with Gasteiger partial charge in [-0.2, -0.15) is 8.78 Å². The Hall–Kier alpha value is -2.74. The number of benzene rings is 2. The van der Waals surface area contributed by atoms with E-state index in [0.717, 1.165) is 17.0 Å². The van der Waals surface area contributed by atoms with Crippen LogP contribution >= 0.6 is 11.8 Å². The van der Waals surface area contributed by atoms with Gasteiger partial charge >= 0.3 is 6.61 Å². The second-order valence-electron chi connectivity index (χ2n) is 5.79. The standard InChI is InChI=1S/C19H17F2N3O2S/c1-12-5-3-4-6-15(12)17-22-23-19(24(17)2)27-11-16(25)13-7-9-14(10-8-13)26-18(20)21/h3-10,18H,11H2,1-2H3. The van der Waals surface area contributed by atoms with E-state index in [0.29, 0.717) is 10.7 Å². The molecule has 0 N–H and O–H groups in total. The molecule has 27 heavy (non-hydrogen) atoms. The Morgan fingerprint density at radius 1 is 1.15 bits per heavy atom. The van der Waals surface area contributed by atoms with E-state index in [4.69, 9.17) is 0 Å². The Kier molecular flexibility index (Phi) is 5.85. The Balaban J connectivity index is 1.67. The second kappa shape index (κ2) is 8.30. The predicted octanol–water partition coefficient (Wildman–Crippen LogP) is 4.37. The van der Waals surface area contributed by atoms with Crippen LogP contribution in [-0.2, 0) is 7.05 Å². The maximum Gasteiger partial charge on any atom is 0.387 e. The van der Waals surface area contributed by atoms with Crippen molar-refractivity contribution in [2.24, 2.45) is 7.05 Å². The van der Waals surface area contributed by atoms with E-state index in [-0.39, 0.29) is 17.3 Å². The molecular weight excluding hydrogens is 372 g/mol. The van der Waals surface area contributed by atoms with Crippen LogP contribution in [0.4, 0.5) is 8.78 Å². The number of hydrogen-bond donors (Lipinski definition) is 0. The number of rotatable bonds is 7. The molecule has 0 aliphatic rings. The summed E-state index contributed by atoms with van der Waals surface area (Å²) in [4.78, 5) is 12.3. The van der Waals surface area contributed by atoms with Gasteiger partial charge in [-0.05, 0) is 36.8 Å². The molecule has 0 saturated carbocycles. The van der Waals surface area contributed by atoms with Gasteiger partial charge in [0.05, 0.1) is 5.75 Å². The monoisotopic (exact) mass is 389 g/mol. The molecule has 1 aromatic heterocycles. The molecule has 140 valence electrons. The summed E-state index contributed by atoms with van der Waals surface area (Å²) in [5.74, 6) is 0.778. The highest BCUT2D eigenvalue weighted by molar-refractivity contribution is 7.99. The van der Waals surface area contributed by atoms with Gasteiger partial charge in [0.15, 0.2) is 16.8 Å². The number of thioether (sulfide) groups is 1. The molecule has 5 nitrogen and oxygen atoms in total. The Labute approximate surface area is 159 Å². The minimum absolute atomic E-state index is 0.0189. The maximum absolute atomic E-state index is 12.3. The lowest BCUT2D eigenvalue weighted by Crippen LogP contribution is -2.05. The molecule has 0 saturated heterocycles. The molecule has 0 unspecified atom stereocenters. The molecule has 0 aliphatic carbocycles. The second-order valence-corrected chi connectivity index (χ2v) is 6.74. The van der Waals surface area contributed by atoms with Crippen molar-refractivity contribution >= 4 is 17.5 Å². The van der Waals surface area contributed by atoms with Gasteiger partial charge in [0.2, 0.25) is 0 Å². The van der Waals surface area contributed by atoms with Crippen molar-refractivity contribution in [3.63, 3.8) is 0 Å². The molecule has 0 fully saturated rings. The summed E-state index contributed by atoms with van der Waals surface area (Å²) in [6, 6.07) is 13.5. The molecule has 2 aromatic carbocycles. The predicted molar refractivity (Wildman–Crippen MR) is 99.3 cm³/mol. The van der Waals surface area contributed by atoms with Gasteiger partial charge in [0, 0.05) is 18.2 Å². The number of carbonyl (C=O) groups is 1. The zero-order chi connectivity index (χ0) is 19.4. The topological polar surface area (TPSA) is 57.0 Å². The zero-order valence-corrected chi connectivity index (χ0v) is 15.5. The molecule has 0 amide bonds. The lowest BCUT2D eigenvalue weighted by atomic mass is 10.1. The highest BCUT2D eigenvalue weighted by atomic mass is 32.2. The van der Waals surface area contributed by atoms with E-state index in [1.807, 2.05) is 42.8 Å². The SMILES string of the molecule is Cc1ccccc1-c1nnc(SCC(=O)c2ccc(OC(F)F)cc2)n1C. The van der Waals surface area contributed by atoms with Crippen LogP contribution < -0.4 is 4.74 Å². The average molecular weight is 389 g/mol. The number of Topliss-reactive ketones (excluding diaryl/α,β-unsaturated/α-hetero) is 1. The first-order valence-electron chi connectivity index (χ1n) is 8.12. The van der Waals surface area contributed by atoms with Crippen molar-refractivity contribution in [2.45, 2.75) is 18.7 Å². The molecule has 1 heterocycles. The molecule has 0 spiro atoms. The summed E-state index contributed by atoms with van der Waals surface area (Å²) in [6.45, 7) is -0.887. The molecule has 0 atom stereocenters. The Morgan fingerprint density at radius 3 is 2.52 bits per heavy atom. The van der Waals surface area contributed by atoms with E-state index in [1.54, 1.807) is 0 Å². The van der Waals surface area contributed by atoms with E-state index >= 15 is 0 Å². The average Bonchev–Trinajstić information content (AvgIpc) is 3.01. The van der Waals surface area contributed by atoms with Crippen molar-refractivity contribution in [1.82, 2.24) is 14.8 Å². The van der Waals surface area contributed by atoms with Gasteiger partial charge in [0.1, 0.15) is 5.75 Å². The summed E-state index contributed by atoms with van der Waals surface area (Å²) in [6.07, 6.45) is 0. The van der Waals surface area contributed by atoms with Crippen molar-refractivity contribution in [3.05, 3.63) is 59.7 Å². The van der Waals surface area contributed by atoms with Gasteiger partial charge in [-0.3, -0.25) is 4.79 Å². The minimum Gasteiger partial charge on any atom is -0.435 e. The number of ketones is 1. The highest BCUT2D eigenvalue weighted by Crippen LogP contribution is 2.25. The fourth-order valence-corrected chi connectivity index (χ4v) is 3.34. The number of hydrogen-bond acceptors (Lipinski definition) is 5. The minimum atomic E-state index is -2.89. The quantitative estimate of drug-likeness (QED) is 0.444. The zero-order valence-electron chi connectivity index (χ0n) is 14.7. The van der Waals surface area contributed by atoms with Crippen molar-refractivity contribution in [3.8, 4) is 17.1 Å². The Bertz CT molecular complexity index is 942. The third-order valence-electron chi connectivity index (χ3n) is 3.95. The van der Waals surface area contributed by atoms with Crippen molar-refractivity contribution < 1.29 is 18.3 Å². The summed E-state index contributed by atoms with van der Waals surface area (Å²) in [5.41, 5.74) is 2.50. The number of aryl methyl sites for hydroxylation is 1. The Morgan fingerprint density at radius 2 is 1.85 bits per heavy atom. The number of carbonyl (C=O) groups excluding carboxylic acids is 1. The molecular formula is C19H17F2N3O2S. The van der Waals surface area contributed by atoms with Crippen molar-refractivity contribution in [1.29, 1.82) is 0 Å². The number of ether oxygens (including phenoxy) is 1. The summed E-state index contributed by atoms with van der Waals surface area (Å²) < 4.78 is 30.5. The van der Waals surface area contributed by atoms with Gasteiger partial charge in [-0.25, -0.2) is 0 Å². The van der Waals surface area contributed by atoms with Crippen LogP contribution in [0.1, 0.15) is 15.9 Å². The molecule has 3 aromatic rings. The first-order valence-corrected chi connectivity index (χ1v) is 9.10. The fraction of sp³-hybridized carbons (Fsp3) is 0.211. The fourth-order valence-electron chi connectivity index (χ4n) is 2.53. The normalized spacial score (nSPS) is 11.0. The first kappa shape index (κ1) is 19.0. The smallest absolute Gasteiger partial charge is 0.387 e. The van der Waals surface area contributed by atoms with E-state index < -0.39 is 6.61 Å². The van der Waals surface area contributed by atoms with E-state index in [2.05, 4.69) is 14.9 Å². The molecule has 0 aliphatic heterocycles. The lowest BCUT2D eigenvalue weighted by molar-refractivity contribution is -0.0498. The lowest BCUT2D eigenvalue weighted by Gasteiger charge is -2.07. The third kappa shape index (κ3) is 4.51. The van der Waals surface area contributed by atoms with Crippen LogP contribution in [0.25, 0.3) is 11.4 Å². The van der Waals surface area contributed by atoms with Crippen LogP contribution in [0.3, 0.4) is 0 Å². The highest BCUT2D eigenvalue weighted by Gasteiger charge is 2.15. The van der Waals surface area contributed by atoms with Gasteiger partial charge in [-0.1, -0.05) is 36.0 Å². The number of alkyl halides is 2.